The predicted molar refractivity (Wildman–Crippen MR) is 128 cm³/mol. The molecule has 7 heteroatoms. The second kappa shape index (κ2) is 7.91. The van der Waals surface area contributed by atoms with E-state index in [-0.39, 0.29) is 11.4 Å². The lowest BCUT2D eigenvalue weighted by Gasteiger charge is -2.45. The maximum atomic E-state index is 13.2. The number of amides is 1. The van der Waals surface area contributed by atoms with Crippen LogP contribution in [0.5, 0.6) is 0 Å². The van der Waals surface area contributed by atoms with Gasteiger partial charge in [0.1, 0.15) is 11.3 Å². The molecule has 35 heavy (non-hydrogen) atoms. The van der Waals surface area contributed by atoms with Gasteiger partial charge in [0, 0.05) is 47.1 Å². The first-order chi connectivity index (χ1) is 16.8. The summed E-state index contributed by atoms with van der Waals surface area (Å²) in [6.07, 6.45) is 6.64. The first-order valence-corrected chi connectivity index (χ1v) is 11.8. The summed E-state index contributed by atoms with van der Waals surface area (Å²) in [5.41, 5.74) is 3.94. The van der Waals surface area contributed by atoms with Crippen LogP contribution in [0.15, 0.2) is 59.1 Å². The quantitative estimate of drug-likeness (QED) is 0.490. The molecule has 6 rings (SSSR count). The Bertz CT molecular complexity index is 1410. The smallest absolute Gasteiger partial charge is 0.348 e. The molecular weight excluding hydrogens is 442 g/mol. The Labute approximate surface area is 203 Å². The number of hydrogen-bond acceptors (Lipinski definition) is 5. The number of rotatable bonds is 4. The molecule has 1 N–H and O–H groups in total. The molecule has 0 saturated carbocycles. The van der Waals surface area contributed by atoms with Crippen LogP contribution in [0.1, 0.15) is 42.7 Å². The minimum atomic E-state index is -1.08. The van der Waals surface area contributed by atoms with Gasteiger partial charge in [-0.2, -0.15) is 0 Å². The molecule has 2 saturated heterocycles. The number of fused-ring (bicyclic) bond motifs is 1. The molecule has 0 bridgehead atoms. The Balaban J connectivity index is 1.31. The molecule has 2 fully saturated rings. The van der Waals surface area contributed by atoms with E-state index in [1.165, 1.54) is 0 Å². The van der Waals surface area contributed by atoms with Gasteiger partial charge in [0.05, 0.1) is 24.8 Å². The first kappa shape index (κ1) is 21.8. The summed E-state index contributed by atoms with van der Waals surface area (Å²) in [6.45, 7) is 5.44. The molecule has 0 radical (unpaired) electrons. The van der Waals surface area contributed by atoms with Crippen molar-refractivity contribution in [1.29, 1.82) is 0 Å². The highest BCUT2D eigenvalue weighted by Crippen LogP contribution is 2.37. The summed E-state index contributed by atoms with van der Waals surface area (Å²) in [7, 11) is 0. The number of carbonyl (C=O) groups is 1. The van der Waals surface area contributed by atoms with Crippen LogP contribution < -0.4 is 4.98 Å². The van der Waals surface area contributed by atoms with Crippen LogP contribution in [-0.4, -0.2) is 46.2 Å². The van der Waals surface area contributed by atoms with E-state index in [4.69, 9.17) is 9.15 Å². The molecule has 2 aliphatic heterocycles. The fraction of sp³-hybridized carbons (Fsp3) is 0.321. The predicted octanol–water partition coefficient (Wildman–Crippen LogP) is 3.79. The number of aromatic nitrogens is 2. The summed E-state index contributed by atoms with van der Waals surface area (Å²) in [5.74, 6) is 0.729. The van der Waals surface area contributed by atoms with E-state index in [1.807, 2.05) is 47.4 Å². The van der Waals surface area contributed by atoms with Crippen molar-refractivity contribution in [2.24, 2.45) is 0 Å². The van der Waals surface area contributed by atoms with Crippen LogP contribution in [0.4, 0.5) is 0 Å². The Morgan fingerprint density at radius 2 is 1.97 bits per heavy atom. The Kier molecular flexibility index (Phi) is 4.92. The monoisotopic (exact) mass is 468 g/mol. The van der Waals surface area contributed by atoms with Gasteiger partial charge in [-0.05, 0) is 49.9 Å². The van der Waals surface area contributed by atoms with Gasteiger partial charge in [-0.15, -0.1) is 0 Å². The SMILES string of the molecule is CC(C)(O)c1cc(-c2ccnc3cc(-c4ccc(C(=O)N5CCCC56COC6)cc4)oc23)cc#[n+]1. The maximum absolute atomic E-state index is 13.2. The van der Waals surface area contributed by atoms with Crippen LogP contribution in [0.3, 0.4) is 0 Å². The lowest BCUT2D eigenvalue weighted by Crippen LogP contribution is -2.60. The van der Waals surface area contributed by atoms with Crippen LogP contribution in [0.25, 0.3) is 33.6 Å². The van der Waals surface area contributed by atoms with Gasteiger partial charge in [0.2, 0.25) is 0 Å². The second-order valence-corrected chi connectivity index (χ2v) is 9.97. The highest BCUT2D eigenvalue weighted by molar-refractivity contribution is 5.96. The van der Waals surface area contributed by atoms with Crippen LogP contribution in [0, 0.1) is 6.20 Å². The van der Waals surface area contributed by atoms with Crippen molar-refractivity contribution in [1.82, 2.24) is 9.88 Å². The lowest BCUT2D eigenvalue weighted by molar-refractivity contribution is -0.329. The summed E-state index contributed by atoms with van der Waals surface area (Å²) in [5, 5.41) is 10.4. The normalized spacial score (nSPS) is 16.9. The van der Waals surface area contributed by atoms with Gasteiger partial charge in [-0.25, -0.2) is 0 Å². The number of nitrogens with zero attached hydrogens (tertiary/aromatic N) is 3. The number of carbonyl (C=O) groups excluding carboxylic acids is 1. The van der Waals surface area contributed by atoms with Crippen molar-refractivity contribution in [3.63, 3.8) is 0 Å². The van der Waals surface area contributed by atoms with Gasteiger partial charge in [-0.3, -0.25) is 9.78 Å². The first-order valence-electron chi connectivity index (χ1n) is 11.8. The molecular formula is C28H26N3O4+. The molecule has 2 aliphatic rings. The Morgan fingerprint density at radius 3 is 2.69 bits per heavy atom. The number of hydrogen-bond donors (Lipinski definition) is 1. The van der Waals surface area contributed by atoms with Crippen molar-refractivity contribution in [3.05, 3.63) is 72.2 Å². The van der Waals surface area contributed by atoms with Gasteiger partial charge < -0.3 is 19.2 Å². The summed E-state index contributed by atoms with van der Waals surface area (Å²) in [6, 6.07) is 14.9. The summed E-state index contributed by atoms with van der Waals surface area (Å²) in [4.78, 5) is 23.8. The second-order valence-electron chi connectivity index (χ2n) is 9.97. The zero-order valence-corrected chi connectivity index (χ0v) is 19.7. The topological polar surface area (TPSA) is 89.9 Å². The highest BCUT2D eigenvalue weighted by atomic mass is 16.5. The number of benzene rings is 1. The molecule has 176 valence electrons. The highest BCUT2D eigenvalue weighted by Gasteiger charge is 2.49. The van der Waals surface area contributed by atoms with Gasteiger partial charge in [-0.1, -0.05) is 12.1 Å². The largest absolute Gasteiger partial charge is 0.454 e. The third-order valence-electron chi connectivity index (χ3n) is 7.05. The van der Waals surface area contributed by atoms with Crippen LogP contribution >= 0.6 is 0 Å². The van der Waals surface area contributed by atoms with E-state index >= 15 is 0 Å². The molecule has 4 aromatic rings. The molecule has 3 aromatic heterocycles. The van der Waals surface area contributed by atoms with E-state index in [1.54, 1.807) is 26.1 Å². The average Bonchev–Trinajstić information content (AvgIpc) is 3.48. The zero-order chi connectivity index (χ0) is 24.2. The van der Waals surface area contributed by atoms with Crippen LogP contribution in [0.2, 0.25) is 0 Å². The maximum Gasteiger partial charge on any atom is 0.348 e. The lowest BCUT2D eigenvalue weighted by atomic mass is 9.93. The third-order valence-corrected chi connectivity index (χ3v) is 7.05. The van der Waals surface area contributed by atoms with E-state index in [0.29, 0.717) is 35.8 Å². The zero-order valence-electron chi connectivity index (χ0n) is 19.7. The number of likely N-dealkylation sites (tertiary alicyclic amines) is 1. The number of pyridine rings is 1. The van der Waals surface area contributed by atoms with Gasteiger partial charge in [0.15, 0.2) is 11.2 Å². The number of ether oxygens (including phenoxy) is 1. The van der Waals surface area contributed by atoms with Crippen molar-refractivity contribution < 1.29 is 24.0 Å². The number of furan rings is 1. The minimum Gasteiger partial charge on any atom is -0.454 e. The Hall–Kier alpha value is -3.73. The summed E-state index contributed by atoms with van der Waals surface area (Å²) >= 11 is 0. The fourth-order valence-electron chi connectivity index (χ4n) is 5.00. The van der Waals surface area contributed by atoms with Crippen molar-refractivity contribution in [2.75, 3.05) is 19.8 Å². The van der Waals surface area contributed by atoms with E-state index < -0.39 is 5.60 Å². The molecule has 1 amide bonds. The minimum absolute atomic E-state index is 0.0578. The fourth-order valence-corrected chi connectivity index (χ4v) is 5.00. The summed E-state index contributed by atoms with van der Waals surface area (Å²) < 4.78 is 11.7. The molecule has 5 heterocycles. The molecule has 0 unspecified atom stereocenters. The van der Waals surface area contributed by atoms with Gasteiger partial charge >= 0.3 is 11.9 Å². The molecule has 7 nitrogen and oxygen atoms in total. The Morgan fingerprint density at radius 1 is 1.17 bits per heavy atom. The number of aliphatic hydroxyl groups is 1. The van der Waals surface area contributed by atoms with E-state index in [2.05, 4.69) is 16.2 Å². The molecule has 0 atom stereocenters. The molecule has 1 aromatic carbocycles. The van der Waals surface area contributed by atoms with E-state index in [0.717, 1.165) is 41.6 Å². The molecule has 1 spiro atoms. The van der Waals surface area contributed by atoms with Crippen molar-refractivity contribution >= 4 is 17.0 Å². The van der Waals surface area contributed by atoms with E-state index in [9.17, 15) is 9.90 Å². The standard InChI is InChI=1S/C28H26N3O4/c1-27(2,33)24-14-20(8-11-30-24)21-9-12-29-22-15-23(35-25(21)22)18-4-6-19(7-5-18)26(32)31-13-3-10-28(31)16-34-17-28/h4-9,12,14-15,33H,3,10,13,16-17H2,1-2H3/q+1. The average molecular weight is 469 g/mol. The third kappa shape index (κ3) is 3.66. The van der Waals surface area contributed by atoms with Crippen LogP contribution in [-0.2, 0) is 10.3 Å². The van der Waals surface area contributed by atoms with Crippen molar-refractivity contribution in [3.8, 4) is 22.5 Å². The molecule has 0 aliphatic carbocycles. The van der Waals surface area contributed by atoms with Crippen molar-refractivity contribution in [2.45, 2.75) is 37.8 Å². The van der Waals surface area contributed by atoms with Gasteiger partial charge in [0.25, 0.3) is 5.91 Å².